The normalized spacial score (nSPS) is 20.9. The number of ether oxygens (including phenoxy) is 4. The minimum absolute atomic E-state index is 0.0376. The molecule has 1 aromatic carbocycles. The van der Waals surface area contributed by atoms with Crippen LogP contribution in [0.15, 0.2) is 30.6 Å². The molecule has 4 heterocycles. The number of esters is 3. The summed E-state index contributed by atoms with van der Waals surface area (Å²) in [4.78, 5) is 54.9. The van der Waals surface area contributed by atoms with E-state index in [2.05, 4.69) is 25.3 Å². The van der Waals surface area contributed by atoms with Gasteiger partial charge in [0.2, 0.25) is 5.28 Å². The van der Waals surface area contributed by atoms with Crippen LogP contribution in [0, 0.1) is 0 Å². The molecule has 0 amide bonds. The molecule has 0 radical (unpaired) electrons. The predicted octanol–water partition coefficient (Wildman–Crippen LogP) is 1.39. The van der Waals surface area contributed by atoms with E-state index in [-0.39, 0.29) is 28.9 Å². The molecular weight excluding hydrogens is 526 g/mol. The summed E-state index contributed by atoms with van der Waals surface area (Å²) < 4.78 is 23.4. The van der Waals surface area contributed by atoms with Crippen LogP contribution in [0.4, 0.5) is 0 Å². The van der Waals surface area contributed by atoms with Crippen molar-refractivity contribution in [3.05, 3.63) is 35.9 Å². The van der Waals surface area contributed by atoms with Gasteiger partial charge in [-0.1, -0.05) is 17.0 Å². The largest absolute Gasteiger partial charge is 0.463 e. The summed E-state index contributed by atoms with van der Waals surface area (Å²) in [6, 6.07) is 7.11. The van der Waals surface area contributed by atoms with Gasteiger partial charge in [-0.2, -0.15) is 9.97 Å². The lowest BCUT2D eigenvalue weighted by Crippen LogP contribution is -2.40. The van der Waals surface area contributed by atoms with Crippen molar-refractivity contribution in [3.8, 4) is 5.88 Å². The van der Waals surface area contributed by atoms with Crippen LogP contribution in [0.2, 0.25) is 5.28 Å². The van der Waals surface area contributed by atoms with Crippen LogP contribution < -0.4 is 4.84 Å². The van der Waals surface area contributed by atoms with Gasteiger partial charge in [0.25, 0.3) is 5.88 Å². The van der Waals surface area contributed by atoms with E-state index in [1.165, 1.54) is 31.7 Å². The van der Waals surface area contributed by atoms with Crippen LogP contribution in [-0.2, 0) is 33.3 Å². The van der Waals surface area contributed by atoms with Crippen molar-refractivity contribution in [2.24, 2.45) is 0 Å². The average molecular weight is 546 g/mol. The smallest absolute Gasteiger partial charge is 0.303 e. The molecule has 16 heteroatoms. The van der Waals surface area contributed by atoms with Gasteiger partial charge in [-0.05, 0) is 28.9 Å². The van der Waals surface area contributed by atoms with Crippen LogP contribution in [0.5, 0.6) is 5.88 Å². The maximum Gasteiger partial charge on any atom is 0.303 e. The number of carbonyl (C=O) groups excluding carboxylic acids is 3. The minimum Gasteiger partial charge on any atom is -0.463 e. The van der Waals surface area contributed by atoms with Gasteiger partial charge in [0.15, 0.2) is 29.6 Å². The maximum absolute atomic E-state index is 12.0. The van der Waals surface area contributed by atoms with Gasteiger partial charge < -0.3 is 23.8 Å². The van der Waals surface area contributed by atoms with E-state index in [1.54, 1.807) is 18.2 Å². The third kappa shape index (κ3) is 4.92. The zero-order valence-electron chi connectivity index (χ0n) is 20.2. The highest BCUT2D eigenvalue weighted by Gasteiger charge is 2.51. The van der Waals surface area contributed by atoms with Crippen molar-refractivity contribution < 1.29 is 38.2 Å². The molecule has 198 valence electrons. The van der Waals surface area contributed by atoms with E-state index in [9.17, 15) is 14.4 Å². The third-order valence-electron chi connectivity index (χ3n) is 5.47. The second-order valence-electron chi connectivity index (χ2n) is 8.18. The Labute approximate surface area is 218 Å². The molecule has 38 heavy (non-hydrogen) atoms. The zero-order chi connectivity index (χ0) is 27.0. The molecule has 4 aromatic rings. The number of hydrogen-bond donors (Lipinski definition) is 0. The Bertz CT molecular complexity index is 1540. The topological polar surface area (TPSA) is 172 Å². The first-order valence-electron chi connectivity index (χ1n) is 11.2. The highest BCUT2D eigenvalue weighted by atomic mass is 35.5. The number of nitrogens with zero attached hydrogens (tertiary/aromatic N) is 7. The van der Waals surface area contributed by atoms with Gasteiger partial charge in [-0.15, -0.1) is 5.10 Å². The molecule has 0 aliphatic carbocycles. The van der Waals surface area contributed by atoms with Crippen molar-refractivity contribution in [1.29, 1.82) is 0 Å². The lowest BCUT2D eigenvalue weighted by molar-refractivity contribution is -0.166. The van der Waals surface area contributed by atoms with Crippen LogP contribution in [0.25, 0.3) is 22.2 Å². The summed E-state index contributed by atoms with van der Waals surface area (Å²) in [5.41, 5.74) is 1.49. The quantitative estimate of drug-likeness (QED) is 0.185. The Balaban J connectivity index is 1.54. The van der Waals surface area contributed by atoms with Crippen molar-refractivity contribution in [2.45, 2.75) is 45.3 Å². The van der Waals surface area contributed by atoms with Gasteiger partial charge in [0, 0.05) is 20.8 Å². The highest BCUT2D eigenvalue weighted by Crippen LogP contribution is 2.37. The number of benzene rings is 1. The Hall–Kier alpha value is -4.37. The summed E-state index contributed by atoms with van der Waals surface area (Å²) in [6.45, 7) is 3.34. The number of hydrogen-bond acceptors (Lipinski definition) is 13. The first kappa shape index (κ1) is 25.3. The van der Waals surface area contributed by atoms with Gasteiger partial charge in [-0.25, -0.2) is 4.98 Å². The molecule has 0 unspecified atom stereocenters. The fraction of sp³-hybridized carbons (Fsp3) is 0.364. The molecule has 4 atom stereocenters. The van der Waals surface area contributed by atoms with Crippen molar-refractivity contribution in [3.63, 3.8) is 0 Å². The molecule has 0 bridgehead atoms. The fourth-order valence-electron chi connectivity index (χ4n) is 4.03. The number of carbonyl (C=O) groups is 3. The summed E-state index contributed by atoms with van der Waals surface area (Å²) >= 11 is 6.21. The van der Waals surface area contributed by atoms with Crippen molar-refractivity contribution >= 4 is 51.7 Å². The van der Waals surface area contributed by atoms with Crippen molar-refractivity contribution in [2.75, 3.05) is 6.61 Å². The summed E-state index contributed by atoms with van der Waals surface area (Å²) in [7, 11) is 0. The van der Waals surface area contributed by atoms with Crippen LogP contribution in [0.1, 0.15) is 27.0 Å². The minimum atomic E-state index is -1.15. The molecule has 1 aliphatic heterocycles. The van der Waals surface area contributed by atoms with E-state index in [0.717, 1.165) is 4.85 Å². The maximum atomic E-state index is 12.0. The molecule has 0 N–H and O–H groups in total. The number of imidazole rings is 1. The van der Waals surface area contributed by atoms with Gasteiger partial charge in [-0.3, -0.25) is 19.0 Å². The average Bonchev–Trinajstić information content (AvgIpc) is 3.54. The Morgan fingerprint density at radius 3 is 2.50 bits per heavy atom. The lowest BCUT2D eigenvalue weighted by atomic mass is 10.1. The number of rotatable bonds is 7. The van der Waals surface area contributed by atoms with Gasteiger partial charge >= 0.3 is 17.9 Å². The first-order chi connectivity index (χ1) is 18.2. The zero-order valence-corrected chi connectivity index (χ0v) is 20.9. The Morgan fingerprint density at radius 1 is 1.03 bits per heavy atom. The molecular formula is C22H20ClN7O8. The molecule has 1 saturated heterocycles. The van der Waals surface area contributed by atoms with Crippen LogP contribution >= 0.6 is 11.6 Å². The summed E-state index contributed by atoms with van der Waals surface area (Å²) in [5.74, 6) is -1.92. The standard InChI is InChI=1S/C22H20ClN7O8/c1-10(31)34-8-15-17(35-11(2)32)18(36-12(3)33)21(37-15)29-9-24-16-19(29)25-22(23)26-20(16)38-30-14-7-5-4-6-13(14)27-28-30/h4-7,9,15,17-18,21H,8H2,1-3H3/t15-,17-,18-,21-/m1/s1. The van der Waals surface area contributed by atoms with E-state index < -0.39 is 42.4 Å². The molecule has 1 fully saturated rings. The van der Waals surface area contributed by atoms with Crippen molar-refractivity contribution in [1.82, 2.24) is 34.7 Å². The third-order valence-corrected chi connectivity index (χ3v) is 5.64. The molecule has 0 saturated carbocycles. The van der Waals surface area contributed by atoms with Gasteiger partial charge in [0.05, 0.1) is 6.33 Å². The van der Waals surface area contributed by atoms with Gasteiger partial charge in [0.1, 0.15) is 23.7 Å². The second kappa shape index (κ2) is 10.2. The number of halogens is 1. The summed E-state index contributed by atoms with van der Waals surface area (Å²) in [6.07, 6.45) is -2.97. The number of para-hydroxylation sites is 1. The lowest BCUT2D eigenvalue weighted by Gasteiger charge is -2.23. The Morgan fingerprint density at radius 2 is 1.76 bits per heavy atom. The SMILES string of the molecule is CC(=O)OC[C@H]1O[C@@H](n2cnc3c(On4nnc5ccccc54)nc(Cl)nc32)[C@H](OC(C)=O)[C@@H]1OC(C)=O. The van der Waals surface area contributed by atoms with E-state index >= 15 is 0 Å². The predicted molar refractivity (Wildman–Crippen MR) is 126 cm³/mol. The van der Waals surface area contributed by atoms with E-state index in [0.29, 0.717) is 11.0 Å². The van der Waals surface area contributed by atoms with E-state index in [1.807, 2.05) is 6.07 Å². The number of fused-ring (bicyclic) bond motifs is 2. The Kier molecular flexibility index (Phi) is 6.77. The monoisotopic (exact) mass is 545 g/mol. The molecule has 3 aromatic heterocycles. The molecule has 5 rings (SSSR count). The second-order valence-corrected chi connectivity index (χ2v) is 8.52. The molecule has 0 spiro atoms. The van der Waals surface area contributed by atoms with E-state index in [4.69, 9.17) is 35.4 Å². The molecule has 1 aliphatic rings. The van der Waals surface area contributed by atoms with Crippen LogP contribution in [-0.4, -0.2) is 77.5 Å². The first-order valence-corrected chi connectivity index (χ1v) is 11.6. The molecule has 15 nitrogen and oxygen atoms in total. The van der Waals surface area contributed by atoms with Crippen LogP contribution in [0.3, 0.4) is 0 Å². The highest BCUT2D eigenvalue weighted by molar-refractivity contribution is 6.28. The summed E-state index contributed by atoms with van der Waals surface area (Å²) in [5, 5.41) is 7.82. The fourth-order valence-corrected chi connectivity index (χ4v) is 4.19. The number of aromatic nitrogens is 7.